The molecule has 2 amide bonds. The molecule has 6 heteroatoms. The van der Waals surface area contributed by atoms with Gasteiger partial charge >= 0.3 is 0 Å². The smallest absolute Gasteiger partial charge is 0.239 e. The average Bonchev–Trinajstić information content (AvgIpc) is 3.07. The molecule has 2 atom stereocenters. The molecular weight excluding hydrogens is 433 g/mol. The number of hydrogen-bond acceptors (Lipinski definition) is 3. The van der Waals surface area contributed by atoms with Gasteiger partial charge < -0.3 is 4.79 Å². The maximum absolute atomic E-state index is 13.8. The minimum Gasteiger partial charge on any atom is -0.302 e. The van der Waals surface area contributed by atoms with Crippen molar-refractivity contribution < 1.29 is 14.4 Å². The number of carbonyl (C=O) groups is 3. The molecule has 1 fully saturated rings. The Bertz CT molecular complexity index is 1270. The van der Waals surface area contributed by atoms with Gasteiger partial charge in [0.1, 0.15) is 6.29 Å². The summed E-state index contributed by atoms with van der Waals surface area (Å²) in [7, 11) is 0. The third kappa shape index (κ3) is 2.14. The lowest BCUT2D eigenvalue weighted by Crippen LogP contribution is -2.54. The minimum absolute atomic E-state index is 0.259. The van der Waals surface area contributed by atoms with Crippen LogP contribution in [0.5, 0.6) is 0 Å². The molecule has 0 N–H and O–H groups in total. The molecule has 1 aliphatic heterocycles. The first-order valence-corrected chi connectivity index (χ1v) is 10.7. The van der Waals surface area contributed by atoms with Crippen molar-refractivity contribution in [3.05, 3.63) is 99.0 Å². The van der Waals surface area contributed by atoms with Crippen LogP contribution in [0.1, 0.15) is 28.2 Å². The van der Waals surface area contributed by atoms with Gasteiger partial charge in [0.25, 0.3) is 0 Å². The molecule has 2 bridgehead atoms. The van der Waals surface area contributed by atoms with Crippen LogP contribution in [0.4, 0.5) is 5.69 Å². The van der Waals surface area contributed by atoms with Crippen LogP contribution in [0.25, 0.3) is 0 Å². The number of aldehydes is 1. The summed E-state index contributed by atoms with van der Waals surface area (Å²) in [5, 5.41) is 0.598. The Hall–Kier alpha value is -2.95. The van der Waals surface area contributed by atoms with Crippen molar-refractivity contribution in [2.24, 2.45) is 11.8 Å². The van der Waals surface area contributed by atoms with E-state index in [1.54, 1.807) is 12.1 Å². The molecular formula is C25H15Cl2NO3. The fourth-order valence-electron chi connectivity index (χ4n) is 5.91. The first-order chi connectivity index (χ1) is 15.0. The summed E-state index contributed by atoms with van der Waals surface area (Å²) in [5.41, 5.74) is 2.66. The lowest BCUT2D eigenvalue weighted by molar-refractivity contribution is -0.128. The second-order valence-corrected chi connectivity index (χ2v) is 9.07. The lowest BCUT2D eigenvalue weighted by Gasteiger charge is -2.51. The zero-order valence-corrected chi connectivity index (χ0v) is 17.6. The Labute approximate surface area is 188 Å². The fourth-order valence-corrected chi connectivity index (χ4v) is 6.20. The van der Waals surface area contributed by atoms with Gasteiger partial charge in [0.15, 0.2) is 0 Å². The lowest BCUT2D eigenvalue weighted by atomic mass is 9.48. The number of carbonyl (C=O) groups excluding carboxylic acids is 3. The standard InChI is InChI=1S/C25H15Cl2NO3/c26-18-10-9-13(11-19(18)27)28-23(30)21-20-14-5-1-3-7-16(14)25(12-29,22(21)24(28)31)17-8-4-2-6-15(17)20/h1-12,20-22H/t20?,21-,22-,25?/m1/s1. The van der Waals surface area contributed by atoms with E-state index < -0.39 is 17.3 Å². The second-order valence-electron chi connectivity index (χ2n) is 8.25. The van der Waals surface area contributed by atoms with Gasteiger partial charge in [-0.2, -0.15) is 0 Å². The van der Waals surface area contributed by atoms with Gasteiger partial charge in [0.05, 0.1) is 33.0 Å². The Morgan fingerprint density at radius 3 is 2.00 bits per heavy atom. The monoisotopic (exact) mass is 447 g/mol. The van der Waals surface area contributed by atoms with Crippen molar-refractivity contribution in [1.29, 1.82) is 0 Å². The molecule has 3 aliphatic carbocycles. The van der Waals surface area contributed by atoms with E-state index in [-0.39, 0.29) is 22.8 Å². The molecule has 1 saturated heterocycles. The third-order valence-corrected chi connectivity index (χ3v) is 7.77. The number of halogens is 2. The van der Waals surface area contributed by atoms with E-state index in [1.165, 1.54) is 11.0 Å². The van der Waals surface area contributed by atoms with Gasteiger partial charge in [-0.05, 0) is 40.5 Å². The molecule has 1 heterocycles. The van der Waals surface area contributed by atoms with Crippen LogP contribution in [-0.4, -0.2) is 18.1 Å². The van der Waals surface area contributed by atoms with Crippen molar-refractivity contribution in [3.63, 3.8) is 0 Å². The Balaban J connectivity index is 1.63. The highest BCUT2D eigenvalue weighted by Gasteiger charge is 2.68. The molecule has 0 radical (unpaired) electrons. The first-order valence-electron chi connectivity index (χ1n) is 9.98. The first kappa shape index (κ1) is 18.8. The predicted molar refractivity (Wildman–Crippen MR) is 118 cm³/mol. The third-order valence-electron chi connectivity index (χ3n) is 7.03. The zero-order valence-electron chi connectivity index (χ0n) is 16.1. The molecule has 0 saturated carbocycles. The highest BCUT2D eigenvalue weighted by Crippen LogP contribution is 2.63. The van der Waals surface area contributed by atoms with Crippen molar-refractivity contribution in [2.75, 3.05) is 4.90 Å². The minimum atomic E-state index is -1.20. The second kappa shape index (κ2) is 6.28. The van der Waals surface area contributed by atoms with Gasteiger partial charge in [-0.1, -0.05) is 71.7 Å². The summed E-state index contributed by atoms with van der Waals surface area (Å²) in [6, 6.07) is 20.0. The molecule has 3 aromatic carbocycles. The molecule has 152 valence electrons. The number of amides is 2. The predicted octanol–water partition coefficient (Wildman–Crippen LogP) is 4.74. The van der Waals surface area contributed by atoms with E-state index in [4.69, 9.17) is 23.2 Å². The molecule has 4 nitrogen and oxygen atoms in total. The summed E-state index contributed by atoms with van der Waals surface area (Å²) >= 11 is 12.2. The van der Waals surface area contributed by atoms with E-state index >= 15 is 0 Å². The highest BCUT2D eigenvalue weighted by molar-refractivity contribution is 6.42. The van der Waals surface area contributed by atoms with Crippen molar-refractivity contribution in [2.45, 2.75) is 11.3 Å². The van der Waals surface area contributed by atoms with Crippen LogP contribution in [-0.2, 0) is 19.8 Å². The van der Waals surface area contributed by atoms with Gasteiger partial charge in [0.2, 0.25) is 11.8 Å². The van der Waals surface area contributed by atoms with Crippen molar-refractivity contribution in [1.82, 2.24) is 0 Å². The van der Waals surface area contributed by atoms with E-state index in [9.17, 15) is 14.4 Å². The molecule has 0 spiro atoms. The van der Waals surface area contributed by atoms with Crippen LogP contribution in [0.15, 0.2) is 66.7 Å². The van der Waals surface area contributed by atoms with Crippen LogP contribution in [0, 0.1) is 11.8 Å². The normalized spacial score (nSPS) is 27.7. The maximum atomic E-state index is 13.8. The van der Waals surface area contributed by atoms with E-state index in [1.807, 2.05) is 48.5 Å². The largest absolute Gasteiger partial charge is 0.302 e. The Morgan fingerprint density at radius 1 is 0.806 bits per heavy atom. The number of rotatable bonds is 2. The molecule has 7 rings (SSSR count). The Kier molecular flexibility index (Phi) is 3.81. The molecule has 0 aromatic heterocycles. The number of nitrogens with zero attached hydrogens (tertiary/aromatic N) is 1. The molecule has 31 heavy (non-hydrogen) atoms. The van der Waals surface area contributed by atoms with Crippen LogP contribution in [0.3, 0.4) is 0 Å². The summed E-state index contributed by atoms with van der Waals surface area (Å²) in [4.78, 5) is 41.6. The number of imide groups is 1. The SMILES string of the molecule is O=CC12c3ccccc3C(c3ccccc31)[C@H]1C(=O)N(c3ccc(Cl)c(Cl)c3)C(=O)[C@@H]12. The maximum Gasteiger partial charge on any atom is 0.239 e. The van der Waals surface area contributed by atoms with Gasteiger partial charge in [-0.25, -0.2) is 4.90 Å². The van der Waals surface area contributed by atoms with Gasteiger partial charge in [0, 0.05) is 5.92 Å². The van der Waals surface area contributed by atoms with E-state index in [2.05, 4.69) is 0 Å². The van der Waals surface area contributed by atoms with Gasteiger partial charge in [-0.15, -0.1) is 0 Å². The summed E-state index contributed by atoms with van der Waals surface area (Å²) in [6.07, 6.45) is 0.862. The number of benzene rings is 3. The number of anilines is 1. The molecule has 4 aliphatic rings. The van der Waals surface area contributed by atoms with Crippen molar-refractivity contribution in [3.8, 4) is 0 Å². The summed E-state index contributed by atoms with van der Waals surface area (Å²) in [6.45, 7) is 0. The van der Waals surface area contributed by atoms with Gasteiger partial charge in [-0.3, -0.25) is 9.59 Å². The van der Waals surface area contributed by atoms with E-state index in [0.717, 1.165) is 28.5 Å². The van der Waals surface area contributed by atoms with Crippen LogP contribution in [0.2, 0.25) is 10.0 Å². The average molecular weight is 448 g/mol. The fraction of sp³-hybridized carbons (Fsp3) is 0.160. The highest BCUT2D eigenvalue weighted by atomic mass is 35.5. The summed E-state index contributed by atoms with van der Waals surface area (Å²) in [5.74, 6) is -2.44. The molecule has 0 unspecified atom stereocenters. The van der Waals surface area contributed by atoms with E-state index in [0.29, 0.717) is 10.7 Å². The van der Waals surface area contributed by atoms with Crippen LogP contribution >= 0.6 is 23.2 Å². The summed E-state index contributed by atoms with van der Waals surface area (Å²) < 4.78 is 0. The zero-order chi connectivity index (χ0) is 21.5. The van der Waals surface area contributed by atoms with Crippen molar-refractivity contribution >= 4 is 47.0 Å². The Morgan fingerprint density at radius 2 is 1.42 bits per heavy atom. The van der Waals surface area contributed by atoms with Crippen LogP contribution < -0.4 is 4.90 Å². The molecule has 3 aromatic rings. The quantitative estimate of drug-likeness (QED) is 0.420. The number of hydrogen-bond donors (Lipinski definition) is 0. The topological polar surface area (TPSA) is 54.5 Å².